The first-order valence-electron chi connectivity index (χ1n) is 6.14. The van der Waals surface area contributed by atoms with Gasteiger partial charge in [0.2, 0.25) is 5.76 Å². The van der Waals surface area contributed by atoms with Crippen LogP contribution in [0.1, 0.15) is 28.1 Å². The van der Waals surface area contributed by atoms with Crippen molar-refractivity contribution in [3.63, 3.8) is 0 Å². The molecule has 0 spiro atoms. The smallest absolute Gasteiger partial charge is 0.373 e. The van der Waals surface area contributed by atoms with Gasteiger partial charge < -0.3 is 9.15 Å². The van der Waals surface area contributed by atoms with Gasteiger partial charge in [-0.3, -0.25) is 4.90 Å². The zero-order valence-electron chi connectivity index (χ0n) is 11.1. The summed E-state index contributed by atoms with van der Waals surface area (Å²) in [6.07, 6.45) is 0. The first-order valence-corrected chi connectivity index (χ1v) is 7.02. The minimum Gasteiger partial charge on any atom is -0.463 e. The van der Waals surface area contributed by atoms with Crippen LogP contribution in [-0.4, -0.2) is 24.5 Å². The minimum absolute atomic E-state index is 0.254. The highest BCUT2D eigenvalue weighted by Crippen LogP contribution is 2.16. The number of nitrogens with zero attached hydrogens (tertiary/aromatic N) is 1. The van der Waals surface area contributed by atoms with Gasteiger partial charge in [0.25, 0.3) is 0 Å². The van der Waals surface area contributed by atoms with Crippen LogP contribution >= 0.6 is 11.3 Å². The standard InChI is InChI=1S/C14H17NO3S/c1-3-15(10-12-5-4-8-19-12)9-11-6-7-13(18-11)14(16)17-2/h4-8H,3,9-10H2,1-2H3. The summed E-state index contributed by atoms with van der Waals surface area (Å²) in [5, 5.41) is 2.07. The van der Waals surface area contributed by atoms with Crippen molar-refractivity contribution in [3.05, 3.63) is 46.0 Å². The van der Waals surface area contributed by atoms with E-state index >= 15 is 0 Å². The van der Waals surface area contributed by atoms with Gasteiger partial charge in [0.15, 0.2) is 0 Å². The Labute approximate surface area is 116 Å². The number of ether oxygens (including phenoxy) is 1. The Morgan fingerprint density at radius 2 is 2.21 bits per heavy atom. The predicted molar refractivity (Wildman–Crippen MR) is 74.2 cm³/mol. The maximum Gasteiger partial charge on any atom is 0.373 e. The van der Waals surface area contributed by atoms with Crippen LogP contribution in [0.15, 0.2) is 34.1 Å². The summed E-state index contributed by atoms with van der Waals surface area (Å²) < 4.78 is 10.1. The molecule has 0 amide bonds. The minimum atomic E-state index is -0.437. The fourth-order valence-electron chi connectivity index (χ4n) is 1.80. The number of hydrogen-bond donors (Lipinski definition) is 0. The van der Waals surface area contributed by atoms with Crippen LogP contribution < -0.4 is 0 Å². The number of rotatable bonds is 6. The summed E-state index contributed by atoms with van der Waals surface area (Å²) in [5.41, 5.74) is 0. The van der Waals surface area contributed by atoms with Gasteiger partial charge >= 0.3 is 5.97 Å². The van der Waals surface area contributed by atoms with Crippen LogP contribution in [0.5, 0.6) is 0 Å². The number of furan rings is 1. The summed E-state index contributed by atoms with van der Waals surface area (Å²) >= 11 is 1.74. The van der Waals surface area contributed by atoms with Gasteiger partial charge in [0.1, 0.15) is 5.76 Å². The number of thiophene rings is 1. The van der Waals surface area contributed by atoms with Crippen LogP contribution in [0.2, 0.25) is 0 Å². The molecule has 4 nitrogen and oxygen atoms in total. The Kier molecular flexibility index (Phi) is 4.76. The molecule has 0 unspecified atom stereocenters. The van der Waals surface area contributed by atoms with E-state index in [2.05, 4.69) is 34.1 Å². The summed E-state index contributed by atoms with van der Waals surface area (Å²) in [7, 11) is 1.35. The Balaban J connectivity index is 1.98. The zero-order chi connectivity index (χ0) is 13.7. The molecule has 0 aliphatic rings. The molecule has 0 bridgehead atoms. The van der Waals surface area contributed by atoms with E-state index in [1.165, 1.54) is 12.0 Å². The van der Waals surface area contributed by atoms with E-state index in [0.29, 0.717) is 6.54 Å². The normalized spacial score (nSPS) is 10.9. The average Bonchev–Trinajstić information content (AvgIpc) is 3.08. The molecule has 0 aliphatic carbocycles. The molecule has 2 aromatic heterocycles. The largest absolute Gasteiger partial charge is 0.463 e. The fraction of sp³-hybridized carbons (Fsp3) is 0.357. The van der Waals surface area contributed by atoms with E-state index in [0.717, 1.165) is 18.8 Å². The van der Waals surface area contributed by atoms with Crippen LogP contribution in [0.25, 0.3) is 0 Å². The Hall–Kier alpha value is -1.59. The van der Waals surface area contributed by atoms with Crippen molar-refractivity contribution in [1.82, 2.24) is 4.90 Å². The third-order valence-electron chi connectivity index (χ3n) is 2.83. The van der Waals surface area contributed by atoms with Gasteiger partial charge in [-0.15, -0.1) is 11.3 Å². The zero-order valence-corrected chi connectivity index (χ0v) is 11.9. The molecule has 2 heterocycles. The second-order valence-corrected chi connectivity index (χ2v) is 5.17. The van der Waals surface area contributed by atoms with Crippen LogP contribution in [0.4, 0.5) is 0 Å². The molecule has 0 fully saturated rings. The van der Waals surface area contributed by atoms with Gasteiger partial charge in [-0.2, -0.15) is 0 Å². The van der Waals surface area contributed by atoms with Crippen molar-refractivity contribution in [1.29, 1.82) is 0 Å². The molecule has 0 saturated heterocycles. The first kappa shape index (κ1) is 13.8. The number of methoxy groups -OCH3 is 1. The van der Waals surface area contributed by atoms with E-state index in [1.54, 1.807) is 17.4 Å². The SMILES string of the molecule is CCN(Cc1ccc(C(=O)OC)o1)Cc1cccs1. The second kappa shape index (κ2) is 6.54. The second-order valence-electron chi connectivity index (χ2n) is 4.14. The average molecular weight is 279 g/mol. The summed E-state index contributed by atoms with van der Waals surface area (Å²) in [4.78, 5) is 14.9. The van der Waals surface area contributed by atoms with E-state index < -0.39 is 5.97 Å². The lowest BCUT2D eigenvalue weighted by Crippen LogP contribution is -2.21. The molecule has 2 aromatic rings. The van der Waals surface area contributed by atoms with E-state index in [4.69, 9.17) is 4.42 Å². The molecule has 0 aromatic carbocycles. The van der Waals surface area contributed by atoms with Gasteiger partial charge in [-0.1, -0.05) is 13.0 Å². The molecule has 0 N–H and O–H groups in total. The fourth-order valence-corrected chi connectivity index (χ4v) is 2.54. The molecule has 0 radical (unpaired) electrons. The molecule has 2 rings (SSSR count). The highest BCUT2D eigenvalue weighted by Gasteiger charge is 2.13. The van der Waals surface area contributed by atoms with Crippen LogP contribution in [-0.2, 0) is 17.8 Å². The van der Waals surface area contributed by atoms with Gasteiger partial charge in [0, 0.05) is 11.4 Å². The van der Waals surface area contributed by atoms with Crippen molar-refractivity contribution in [2.24, 2.45) is 0 Å². The third kappa shape index (κ3) is 3.68. The molecule has 0 aliphatic heterocycles. The van der Waals surface area contributed by atoms with Crippen molar-refractivity contribution < 1.29 is 13.9 Å². The van der Waals surface area contributed by atoms with Crippen molar-refractivity contribution >= 4 is 17.3 Å². The molecule has 5 heteroatoms. The predicted octanol–water partition coefficient (Wildman–Crippen LogP) is 3.15. The topological polar surface area (TPSA) is 42.7 Å². The van der Waals surface area contributed by atoms with E-state index in [-0.39, 0.29) is 5.76 Å². The summed E-state index contributed by atoms with van der Waals surface area (Å²) in [6, 6.07) is 7.65. The molecule has 0 saturated carbocycles. The number of esters is 1. The Morgan fingerprint density at radius 3 is 2.84 bits per heavy atom. The van der Waals surface area contributed by atoms with Gasteiger partial charge in [0.05, 0.1) is 13.7 Å². The molecule has 19 heavy (non-hydrogen) atoms. The Morgan fingerprint density at radius 1 is 1.37 bits per heavy atom. The lowest BCUT2D eigenvalue weighted by molar-refractivity contribution is 0.0561. The number of carbonyl (C=O) groups is 1. The van der Waals surface area contributed by atoms with Crippen LogP contribution in [0.3, 0.4) is 0 Å². The highest BCUT2D eigenvalue weighted by atomic mass is 32.1. The van der Waals surface area contributed by atoms with E-state index in [1.807, 2.05) is 6.07 Å². The third-order valence-corrected chi connectivity index (χ3v) is 3.70. The van der Waals surface area contributed by atoms with Crippen LogP contribution in [0, 0.1) is 0 Å². The molecule has 102 valence electrons. The van der Waals surface area contributed by atoms with Gasteiger partial charge in [-0.25, -0.2) is 4.79 Å². The molecular formula is C14H17NO3S. The lowest BCUT2D eigenvalue weighted by atomic mass is 10.3. The molecular weight excluding hydrogens is 262 g/mol. The van der Waals surface area contributed by atoms with Crippen molar-refractivity contribution in [2.45, 2.75) is 20.0 Å². The maximum atomic E-state index is 11.3. The van der Waals surface area contributed by atoms with Crippen molar-refractivity contribution in [2.75, 3.05) is 13.7 Å². The lowest BCUT2D eigenvalue weighted by Gasteiger charge is -2.17. The summed E-state index contributed by atoms with van der Waals surface area (Å²) in [5.74, 6) is 0.594. The Bertz CT molecular complexity index is 519. The first-order chi connectivity index (χ1) is 9.22. The number of carbonyl (C=O) groups excluding carboxylic acids is 1. The van der Waals surface area contributed by atoms with Crippen molar-refractivity contribution in [3.8, 4) is 0 Å². The number of hydrogen-bond acceptors (Lipinski definition) is 5. The highest BCUT2D eigenvalue weighted by molar-refractivity contribution is 7.09. The van der Waals surface area contributed by atoms with Gasteiger partial charge in [-0.05, 0) is 30.1 Å². The summed E-state index contributed by atoms with van der Waals surface area (Å²) in [6.45, 7) is 4.61. The quantitative estimate of drug-likeness (QED) is 0.762. The maximum absolute atomic E-state index is 11.3. The monoisotopic (exact) mass is 279 g/mol. The van der Waals surface area contributed by atoms with E-state index in [9.17, 15) is 4.79 Å². The molecule has 0 atom stereocenters.